The van der Waals surface area contributed by atoms with Gasteiger partial charge in [0.2, 0.25) is 0 Å². The normalized spacial score (nSPS) is 12.4. The fourth-order valence-electron chi connectivity index (χ4n) is 2.18. The van der Waals surface area contributed by atoms with Gasteiger partial charge in [-0.1, -0.05) is 41.4 Å². The first-order valence-electron chi connectivity index (χ1n) is 6.07. The molecule has 0 amide bonds. The lowest BCUT2D eigenvalue weighted by Crippen LogP contribution is -2.17. The molecule has 0 saturated carbocycles. The number of aromatic nitrogens is 2. The van der Waals surface area contributed by atoms with Crippen molar-refractivity contribution in [3.05, 3.63) is 51.3 Å². The van der Waals surface area contributed by atoms with Crippen molar-refractivity contribution in [3.63, 3.8) is 0 Å². The van der Waals surface area contributed by atoms with E-state index in [9.17, 15) is 9.90 Å². The number of rotatable bonds is 4. The van der Waals surface area contributed by atoms with Gasteiger partial charge in [0.05, 0.1) is 22.3 Å². The van der Waals surface area contributed by atoms with Gasteiger partial charge >= 0.3 is 5.97 Å². The third-order valence-corrected chi connectivity index (χ3v) is 4.07. The van der Waals surface area contributed by atoms with Crippen LogP contribution < -0.4 is 0 Å². The van der Waals surface area contributed by atoms with Crippen LogP contribution in [0, 0.1) is 6.92 Å². The van der Waals surface area contributed by atoms with E-state index in [-0.39, 0.29) is 6.42 Å². The van der Waals surface area contributed by atoms with Crippen molar-refractivity contribution < 1.29 is 9.90 Å². The molecule has 4 nitrogen and oxygen atoms in total. The Bertz CT molecular complexity index is 653. The molecule has 20 heavy (non-hydrogen) atoms. The van der Waals surface area contributed by atoms with Gasteiger partial charge in [0.1, 0.15) is 0 Å². The highest BCUT2D eigenvalue weighted by Crippen LogP contribution is 2.30. The van der Waals surface area contributed by atoms with Crippen LogP contribution in [0.4, 0.5) is 0 Å². The number of halogens is 2. The van der Waals surface area contributed by atoms with Gasteiger partial charge in [-0.25, -0.2) is 0 Å². The number of carboxylic acid groups (broad SMARTS) is 1. The van der Waals surface area contributed by atoms with Gasteiger partial charge in [-0.2, -0.15) is 5.10 Å². The Morgan fingerprint density at radius 3 is 2.55 bits per heavy atom. The molecule has 1 heterocycles. The summed E-state index contributed by atoms with van der Waals surface area (Å²) in [7, 11) is 1.75. The lowest BCUT2D eigenvalue weighted by atomic mass is 9.94. The van der Waals surface area contributed by atoms with Crippen molar-refractivity contribution in [2.45, 2.75) is 19.3 Å². The largest absolute Gasteiger partial charge is 0.481 e. The molecule has 2 aromatic rings. The van der Waals surface area contributed by atoms with Crippen LogP contribution >= 0.6 is 23.2 Å². The lowest BCUT2D eigenvalue weighted by molar-refractivity contribution is -0.138. The van der Waals surface area contributed by atoms with E-state index in [1.54, 1.807) is 42.9 Å². The number of aliphatic carboxylic acids is 1. The summed E-state index contributed by atoms with van der Waals surface area (Å²) in [6, 6.07) is 6.94. The van der Waals surface area contributed by atoms with E-state index in [4.69, 9.17) is 23.2 Å². The standard InChI is InChI=1S/C14H14Cl2N2O2/c1-8-13(16)12(18(2)17-8)7-10(14(19)20)9-5-3-4-6-11(9)15/h3-6,10H,7H2,1-2H3,(H,19,20). The minimum atomic E-state index is -0.937. The monoisotopic (exact) mass is 312 g/mol. The molecular formula is C14H14Cl2N2O2. The summed E-state index contributed by atoms with van der Waals surface area (Å²) in [6.07, 6.45) is 0.245. The summed E-state index contributed by atoms with van der Waals surface area (Å²) in [4.78, 5) is 11.6. The van der Waals surface area contributed by atoms with Gasteiger partial charge in [-0.3, -0.25) is 9.48 Å². The van der Waals surface area contributed by atoms with E-state index in [0.29, 0.717) is 27.0 Å². The van der Waals surface area contributed by atoms with E-state index in [1.165, 1.54) is 0 Å². The first-order valence-corrected chi connectivity index (χ1v) is 6.82. The van der Waals surface area contributed by atoms with E-state index >= 15 is 0 Å². The second kappa shape index (κ2) is 5.85. The number of nitrogens with zero attached hydrogens (tertiary/aromatic N) is 2. The van der Waals surface area contributed by atoms with Crippen LogP contribution in [0.1, 0.15) is 22.9 Å². The van der Waals surface area contributed by atoms with Crippen molar-refractivity contribution in [3.8, 4) is 0 Å². The zero-order valence-electron chi connectivity index (χ0n) is 11.1. The summed E-state index contributed by atoms with van der Waals surface area (Å²) in [5.41, 5.74) is 1.96. The third-order valence-electron chi connectivity index (χ3n) is 3.24. The highest BCUT2D eigenvalue weighted by Gasteiger charge is 2.25. The average molecular weight is 313 g/mol. The minimum Gasteiger partial charge on any atom is -0.481 e. The molecule has 0 aliphatic heterocycles. The molecule has 0 saturated heterocycles. The Morgan fingerprint density at radius 1 is 1.40 bits per heavy atom. The summed E-state index contributed by atoms with van der Waals surface area (Å²) in [5, 5.41) is 14.6. The summed E-state index contributed by atoms with van der Waals surface area (Å²) in [6.45, 7) is 1.79. The summed E-state index contributed by atoms with van der Waals surface area (Å²) >= 11 is 12.3. The first-order chi connectivity index (χ1) is 9.41. The highest BCUT2D eigenvalue weighted by atomic mass is 35.5. The van der Waals surface area contributed by atoms with Crippen molar-refractivity contribution in [1.29, 1.82) is 0 Å². The number of carboxylic acids is 1. The SMILES string of the molecule is Cc1nn(C)c(CC(C(=O)O)c2ccccc2Cl)c1Cl. The number of hydrogen-bond acceptors (Lipinski definition) is 2. The first kappa shape index (κ1) is 14.9. The van der Waals surface area contributed by atoms with Crippen molar-refractivity contribution >= 4 is 29.2 Å². The summed E-state index contributed by atoms with van der Waals surface area (Å²) in [5.74, 6) is -1.69. The van der Waals surface area contributed by atoms with Gasteiger partial charge in [-0.15, -0.1) is 0 Å². The molecule has 1 atom stereocenters. The Morgan fingerprint density at radius 2 is 2.05 bits per heavy atom. The molecule has 1 aromatic carbocycles. The summed E-state index contributed by atoms with van der Waals surface area (Å²) < 4.78 is 1.62. The van der Waals surface area contributed by atoms with E-state index < -0.39 is 11.9 Å². The number of hydrogen-bond donors (Lipinski definition) is 1. The van der Waals surface area contributed by atoms with Gasteiger partial charge < -0.3 is 5.11 Å². The molecule has 6 heteroatoms. The molecule has 0 bridgehead atoms. The van der Waals surface area contributed by atoms with E-state index in [1.807, 2.05) is 0 Å². The maximum atomic E-state index is 11.6. The highest BCUT2D eigenvalue weighted by molar-refractivity contribution is 6.32. The Balaban J connectivity index is 2.41. The predicted molar refractivity (Wildman–Crippen MR) is 78.5 cm³/mol. The maximum absolute atomic E-state index is 11.6. The van der Waals surface area contributed by atoms with Gasteiger partial charge in [0.25, 0.3) is 0 Å². The van der Waals surface area contributed by atoms with Crippen molar-refractivity contribution in [2.24, 2.45) is 7.05 Å². The molecule has 2 rings (SSSR count). The van der Waals surface area contributed by atoms with Crippen molar-refractivity contribution in [2.75, 3.05) is 0 Å². The molecule has 0 radical (unpaired) electrons. The maximum Gasteiger partial charge on any atom is 0.311 e. The Labute approximate surface area is 126 Å². The van der Waals surface area contributed by atoms with E-state index in [2.05, 4.69) is 5.10 Å². The average Bonchev–Trinajstić information content (AvgIpc) is 2.62. The second-order valence-electron chi connectivity index (χ2n) is 4.59. The van der Waals surface area contributed by atoms with Gasteiger partial charge in [0, 0.05) is 18.5 Å². The molecule has 0 aliphatic rings. The molecule has 1 aromatic heterocycles. The lowest BCUT2D eigenvalue weighted by Gasteiger charge is -2.14. The fourth-order valence-corrected chi connectivity index (χ4v) is 2.69. The Hall–Kier alpha value is -1.52. The number of carbonyl (C=O) groups is 1. The third kappa shape index (κ3) is 2.81. The van der Waals surface area contributed by atoms with Crippen LogP contribution in [-0.4, -0.2) is 20.9 Å². The van der Waals surface area contributed by atoms with Crippen LogP contribution in [0.5, 0.6) is 0 Å². The quantitative estimate of drug-likeness (QED) is 0.940. The molecule has 0 fully saturated rings. The molecule has 0 spiro atoms. The molecule has 1 unspecified atom stereocenters. The second-order valence-corrected chi connectivity index (χ2v) is 5.37. The zero-order valence-corrected chi connectivity index (χ0v) is 12.6. The zero-order chi connectivity index (χ0) is 14.9. The minimum absolute atomic E-state index is 0.245. The number of aryl methyl sites for hydroxylation is 2. The fraction of sp³-hybridized carbons (Fsp3) is 0.286. The van der Waals surface area contributed by atoms with Crippen LogP contribution in [0.15, 0.2) is 24.3 Å². The molecular weight excluding hydrogens is 299 g/mol. The number of benzene rings is 1. The van der Waals surface area contributed by atoms with Crippen LogP contribution in [0.25, 0.3) is 0 Å². The van der Waals surface area contributed by atoms with Gasteiger partial charge in [0.15, 0.2) is 0 Å². The smallest absolute Gasteiger partial charge is 0.311 e. The van der Waals surface area contributed by atoms with E-state index in [0.717, 1.165) is 0 Å². The molecule has 0 aliphatic carbocycles. The van der Waals surface area contributed by atoms with Gasteiger partial charge in [-0.05, 0) is 18.6 Å². The topological polar surface area (TPSA) is 55.1 Å². The van der Waals surface area contributed by atoms with Crippen LogP contribution in [0.3, 0.4) is 0 Å². The molecule has 1 N–H and O–H groups in total. The van der Waals surface area contributed by atoms with Crippen LogP contribution in [-0.2, 0) is 18.3 Å². The predicted octanol–water partition coefficient (Wildman–Crippen LogP) is 3.45. The molecule has 106 valence electrons. The van der Waals surface area contributed by atoms with Crippen molar-refractivity contribution in [1.82, 2.24) is 9.78 Å². The Kier molecular flexibility index (Phi) is 4.35. The van der Waals surface area contributed by atoms with Crippen LogP contribution in [0.2, 0.25) is 10.0 Å².